The first-order chi connectivity index (χ1) is 13.0. The van der Waals surface area contributed by atoms with Crippen molar-refractivity contribution in [2.75, 3.05) is 12.8 Å². The van der Waals surface area contributed by atoms with Crippen molar-refractivity contribution in [3.05, 3.63) is 95.1 Å². The van der Waals surface area contributed by atoms with Gasteiger partial charge in [0.05, 0.1) is 13.2 Å². The Balaban J connectivity index is 1.94. The molecular formula is C22H22F2N2O. The van der Waals surface area contributed by atoms with Gasteiger partial charge in [0.2, 0.25) is 0 Å². The summed E-state index contributed by atoms with van der Waals surface area (Å²) in [4.78, 5) is 0. The van der Waals surface area contributed by atoms with E-state index in [1.54, 1.807) is 13.2 Å². The lowest BCUT2D eigenvalue weighted by atomic mass is 9.96. The molecule has 3 aromatic rings. The molecule has 0 aliphatic heterocycles. The highest BCUT2D eigenvalue weighted by atomic mass is 19.2. The Morgan fingerprint density at radius 1 is 0.852 bits per heavy atom. The highest BCUT2D eigenvalue weighted by Crippen LogP contribution is 2.29. The summed E-state index contributed by atoms with van der Waals surface area (Å²) >= 11 is 0. The SMILES string of the molecule is COc1ccc(C(N[C@H](C)c2ccc(F)c(F)c2)c2cccc(N)c2)cc1. The number of hydrogen-bond donors (Lipinski definition) is 2. The number of rotatable bonds is 6. The van der Waals surface area contributed by atoms with Crippen molar-refractivity contribution in [1.82, 2.24) is 5.32 Å². The van der Waals surface area contributed by atoms with E-state index in [-0.39, 0.29) is 12.1 Å². The first-order valence-corrected chi connectivity index (χ1v) is 8.68. The van der Waals surface area contributed by atoms with Crippen LogP contribution in [0.2, 0.25) is 0 Å². The molecule has 0 heterocycles. The molecule has 0 bridgehead atoms. The summed E-state index contributed by atoms with van der Waals surface area (Å²) in [5, 5.41) is 3.49. The third-order valence-corrected chi connectivity index (χ3v) is 4.55. The normalized spacial score (nSPS) is 13.2. The van der Waals surface area contributed by atoms with Crippen LogP contribution in [0, 0.1) is 11.6 Å². The maximum atomic E-state index is 13.6. The number of hydrogen-bond acceptors (Lipinski definition) is 3. The Labute approximate surface area is 157 Å². The largest absolute Gasteiger partial charge is 0.497 e. The molecule has 0 aliphatic carbocycles. The molecule has 0 radical (unpaired) electrons. The second-order valence-corrected chi connectivity index (χ2v) is 6.44. The Bertz CT molecular complexity index is 912. The summed E-state index contributed by atoms with van der Waals surface area (Å²) in [7, 11) is 1.62. The fourth-order valence-electron chi connectivity index (χ4n) is 3.05. The van der Waals surface area contributed by atoms with E-state index in [0.29, 0.717) is 11.3 Å². The van der Waals surface area contributed by atoms with E-state index in [2.05, 4.69) is 5.32 Å². The van der Waals surface area contributed by atoms with Gasteiger partial charge in [-0.05, 0) is 60.0 Å². The van der Waals surface area contributed by atoms with Gasteiger partial charge in [-0.15, -0.1) is 0 Å². The minimum absolute atomic E-state index is 0.178. The van der Waals surface area contributed by atoms with Crippen molar-refractivity contribution >= 4 is 5.69 Å². The van der Waals surface area contributed by atoms with E-state index in [9.17, 15) is 8.78 Å². The van der Waals surface area contributed by atoms with Gasteiger partial charge < -0.3 is 10.5 Å². The predicted octanol–water partition coefficient (Wildman–Crippen LogP) is 5.00. The molecule has 0 fully saturated rings. The van der Waals surface area contributed by atoms with E-state index in [1.807, 2.05) is 55.5 Å². The molecule has 0 aliphatic rings. The van der Waals surface area contributed by atoms with Crippen molar-refractivity contribution < 1.29 is 13.5 Å². The smallest absolute Gasteiger partial charge is 0.159 e. The van der Waals surface area contributed by atoms with E-state index >= 15 is 0 Å². The summed E-state index contributed by atoms with van der Waals surface area (Å²) < 4.78 is 32.1. The van der Waals surface area contributed by atoms with Gasteiger partial charge in [-0.25, -0.2) is 8.78 Å². The van der Waals surface area contributed by atoms with Gasteiger partial charge in [-0.1, -0.05) is 30.3 Å². The quantitative estimate of drug-likeness (QED) is 0.602. The molecule has 0 saturated heterocycles. The van der Waals surface area contributed by atoms with E-state index in [0.717, 1.165) is 22.9 Å². The summed E-state index contributed by atoms with van der Waals surface area (Å²) in [6.07, 6.45) is 0. The first kappa shape index (κ1) is 18.9. The summed E-state index contributed by atoms with van der Waals surface area (Å²) in [5.74, 6) is -0.946. The average molecular weight is 368 g/mol. The van der Waals surface area contributed by atoms with Crippen LogP contribution in [-0.4, -0.2) is 7.11 Å². The van der Waals surface area contributed by atoms with Gasteiger partial charge in [-0.3, -0.25) is 5.32 Å². The van der Waals surface area contributed by atoms with Crippen LogP contribution in [0.4, 0.5) is 14.5 Å². The van der Waals surface area contributed by atoms with Gasteiger partial charge in [0.15, 0.2) is 11.6 Å². The third-order valence-electron chi connectivity index (χ3n) is 4.55. The van der Waals surface area contributed by atoms with Crippen LogP contribution in [0.1, 0.15) is 35.7 Å². The van der Waals surface area contributed by atoms with Crippen molar-refractivity contribution in [2.45, 2.75) is 19.0 Å². The Hall–Kier alpha value is -2.92. The van der Waals surface area contributed by atoms with Crippen LogP contribution in [0.5, 0.6) is 5.75 Å². The van der Waals surface area contributed by atoms with Crippen molar-refractivity contribution in [1.29, 1.82) is 0 Å². The number of methoxy groups -OCH3 is 1. The van der Waals surface area contributed by atoms with Crippen molar-refractivity contribution in [3.8, 4) is 5.75 Å². The first-order valence-electron chi connectivity index (χ1n) is 8.68. The zero-order valence-electron chi connectivity index (χ0n) is 15.2. The molecule has 0 spiro atoms. The lowest BCUT2D eigenvalue weighted by Crippen LogP contribution is -2.26. The summed E-state index contributed by atoms with van der Waals surface area (Å²) in [5.41, 5.74) is 9.27. The van der Waals surface area contributed by atoms with Crippen LogP contribution in [0.25, 0.3) is 0 Å². The van der Waals surface area contributed by atoms with Gasteiger partial charge in [0, 0.05) is 11.7 Å². The molecule has 0 saturated carbocycles. The van der Waals surface area contributed by atoms with E-state index in [4.69, 9.17) is 10.5 Å². The molecule has 1 unspecified atom stereocenters. The van der Waals surface area contributed by atoms with Gasteiger partial charge in [0.25, 0.3) is 0 Å². The number of nitrogen functional groups attached to an aromatic ring is 1. The number of benzene rings is 3. The molecule has 27 heavy (non-hydrogen) atoms. The standard InChI is InChI=1S/C22H22F2N2O/c1-14(16-8-11-20(23)21(24)13-16)26-22(17-4-3-5-18(25)12-17)15-6-9-19(27-2)10-7-15/h3-14,22,26H,25H2,1-2H3/t14-,22?/m1/s1. The molecule has 140 valence electrons. The molecule has 5 heteroatoms. The summed E-state index contributed by atoms with van der Waals surface area (Å²) in [6, 6.07) is 18.9. The fourth-order valence-corrected chi connectivity index (χ4v) is 3.05. The monoisotopic (exact) mass is 368 g/mol. The number of ether oxygens (including phenoxy) is 1. The minimum Gasteiger partial charge on any atom is -0.497 e. The second-order valence-electron chi connectivity index (χ2n) is 6.44. The Kier molecular flexibility index (Phi) is 5.72. The van der Waals surface area contributed by atoms with Crippen molar-refractivity contribution in [2.24, 2.45) is 0 Å². The topological polar surface area (TPSA) is 47.3 Å². The maximum Gasteiger partial charge on any atom is 0.159 e. The molecule has 3 aromatic carbocycles. The Morgan fingerprint density at radius 2 is 1.56 bits per heavy atom. The number of anilines is 1. The Morgan fingerprint density at radius 3 is 2.19 bits per heavy atom. The second kappa shape index (κ2) is 8.18. The zero-order chi connectivity index (χ0) is 19.4. The minimum atomic E-state index is -0.855. The fraction of sp³-hybridized carbons (Fsp3) is 0.182. The maximum absolute atomic E-state index is 13.6. The molecule has 3 rings (SSSR count). The van der Waals surface area contributed by atoms with Crippen molar-refractivity contribution in [3.63, 3.8) is 0 Å². The van der Waals surface area contributed by atoms with Gasteiger partial charge >= 0.3 is 0 Å². The molecule has 3 N–H and O–H groups in total. The third kappa shape index (κ3) is 4.44. The molecule has 0 aromatic heterocycles. The number of nitrogens with two attached hydrogens (primary N) is 1. The number of nitrogens with one attached hydrogen (secondary N) is 1. The lowest BCUT2D eigenvalue weighted by Gasteiger charge is -2.25. The van der Waals surface area contributed by atoms with Crippen LogP contribution >= 0.6 is 0 Å². The van der Waals surface area contributed by atoms with Gasteiger partial charge in [-0.2, -0.15) is 0 Å². The van der Waals surface area contributed by atoms with Crippen LogP contribution in [-0.2, 0) is 0 Å². The van der Waals surface area contributed by atoms with E-state index in [1.165, 1.54) is 6.07 Å². The van der Waals surface area contributed by atoms with E-state index < -0.39 is 11.6 Å². The molecule has 0 amide bonds. The van der Waals surface area contributed by atoms with Crippen LogP contribution in [0.15, 0.2) is 66.7 Å². The molecular weight excluding hydrogens is 346 g/mol. The molecule has 2 atom stereocenters. The van der Waals surface area contributed by atoms with Gasteiger partial charge in [0.1, 0.15) is 5.75 Å². The van der Waals surface area contributed by atoms with Crippen LogP contribution in [0.3, 0.4) is 0 Å². The number of halogens is 2. The molecule has 3 nitrogen and oxygen atoms in total. The zero-order valence-corrected chi connectivity index (χ0v) is 15.2. The summed E-state index contributed by atoms with van der Waals surface area (Å²) in [6.45, 7) is 1.91. The highest BCUT2D eigenvalue weighted by Gasteiger charge is 2.19. The highest BCUT2D eigenvalue weighted by molar-refractivity contribution is 5.45. The average Bonchev–Trinajstić information content (AvgIpc) is 2.68. The predicted molar refractivity (Wildman–Crippen MR) is 104 cm³/mol. The lowest BCUT2D eigenvalue weighted by molar-refractivity contribution is 0.414. The van der Waals surface area contributed by atoms with Crippen LogP contribution < -0.4 is 15.8 Å².